The van der Waals surface area contributed by atoms with Crippen LogP contribution < -0.4 is 4.74 Å². The Hall–Kier alpha value is -1.35. The smallest absolute Gasteiger partial charge is 0.123 e. The molecule has 2 nitrogen and oxygen atoms in total. The average Bonchev–Trinajstić information content (AvgIpc) is 2.65. The number of aromatic nitrogens is 1. The number of rotatable bonds is 2. The van der Waals surface area contributed by atoms with Crippen LogP contribution in [0.1, 0.15) is 5.69 Å². The van der Waals surface area contributed by atoms with Gasteiger partial charge < -0.3 is 4.74 Å². The molecule has 0 unspecified atom stereocenters. The van der Waals surface area contributed by atoms with Crippen molar-refractivity contribution in [3.63, 3.8) is 0 Å². The molecule has 71 valence electrons. The topological polar surface area (TPSA) is 22.1 Å². The van der Waals surface area contributed by atoms with Crippen LogP contribution >= 0.6 is 11.3 Å². The van der Waals surface area contributed by atoms with Gasteiger partial charge in [0.25, 0.3) is 0 Å². The van der Waals surface area contributed by atoms with Crippen LogP contribution in [0, 0.1) is 6.92 Å². The fraction of sp³-hybridized carbons (Fsp3) is 0.0909. The Labute approximate surface area is 87.2 Å². The van der Waals surface area contributed by atoms with E-state index in [1.54, 1.807) is 18.4 Å². The zero-order valence-electron chi connectivity index (χ0n) is 7.86. The fourth-order valence-corrected chi connectivity index (χ4v) is 1.92. The van der Waals surface area contributed by atoms with Gasteiger partial charge in [-0.2, -0.15) is 0 Å². The van der Waals surface area contributed by atoms with Gasteiger partial charge in [0, 0.05) is 10.9 Å². The summed E-state index contributed by atoms with van der Waals surface area (Å²) >= 11 is 1.60. The first-order valence-corrected chi connectivity index (χ1v) is 5.09. The Morgan fingerprint density at radius 3 is 2.50 bits per heavy atom. The summed E-state index contributed by atoms with van der Waals surface area (Å²) in [7, 11) is 1.66. The predicted octanol–water partition coefficient (Wildman–Crippen LogP) is 3.00. The zero-order valence-corrected chi connectivity index (χ0v) is 8.67. The maximum Gasteiger partial charge on any atom is 0.123 e. The molecule has 0 amide bonds. The second-order valence-electron chi connectivity index (χ2n) is 2.87. The quantitative estimate of drug-likeness (QED) is 0.750. The monoisotopic (exact) mass is 204 g/mol. The van der Waals surface area contributed by atoms with Gasteiger partial charge in [0.1, 0.15) is 10.8 Å². The Kier molecular flexibility index (Phi) is 2.50. The molecule has 2 aromatic rings. The van der Waals surface area contributed by atoms with Crippen molar-refractivity contribution < 1.29 is 4.74 Å². The zero-order chi connectivity index (χ0) is 9.97. The van der Waals surface area contributed by atoms with Gasteiger partial charge in [-0.15, -0.1) is 11.3 Å². The van der Waals surface area contributed by atoms with Crippen molar-refractivity contribution >= 4 is 11.3 Å². The van der Waals surface area contributed by atoms with Crippen LogP contribution in [0.3, 0.4) is 0 Å². The Morgan fingerprint density at radius 2 is 2.00 bits per heavy atom. The fourth-order valence-electron chi connectivity index (χ4n) is 1.17. The van der Waals surface area contributed by atoms with Crippen molar-refractivity contribution in [3.8, 4) is 16.3 Å². The summed E-state index contributed by atoms with van der Waals surface area (Å²) in [6, 6.07) is 7.85. The molecule has 0 atom stereocenters. The lowest BCUT2D eigenvalue weighted by Gasteiger charge is -1.99. The molecule has 1 aromatic heterocycles. The van der Waals surface area contributed by atoms with Crippen molar-refractivity contribution in [2.24, 2.45) is 0 Å². The number of methoxy groups -OCH3 is 1. The van der Waals surface area contributed by atoms with Crippen LogP contribution in [0.5, 0.6) is 5.75 Å². The van der Waals surface area contributed by atoms with Crippen LogP contribution in [-0.4, -0.2) is 12.1 Å². The molecule has 14 heavy (non-hydrogen) atoms. The number of thiazole rings is 1. The molecule has 0 saturated carbocycles. The number of benzene rings is 1. The Balaban J connectivity index is 2.33. The lowest BCUT2D eigenvalue weighted by atomic mass is 10.2. The Bertz CT molecular complexity index is 419. The summed E-state index contributed by atoms with van der Waals surface area (Å²) < 4.78 is 5.08. The van der Waals surface area contributed by atoms with Gasteiger partial charge in [-0.3, -0.25) is 0 Å². The van der Waals surface area contributed by atoms with Gasteiger partial charge >= 0.3 is 0 Å². The first-order valence-electron chi connectivity index (χ1n) is 4.21. The molecule has 0 aliphatic carbocycles. The molecule has 0 spiro atoms. The van der Waals surface area contributed by atoms with Crippen molar-refractivity contribution in [2.75, 3.05) is 7.11 Å². The molecule has 2 rings (SSSR count). The van der Waals surface area contributed by atoms with Gasteiger partial charge in [-0.1, -0.05) is 0 Å². The third-order valence-electron chi connectivity index (χ3n) is 1.89. The minimum Gasteiger partial charge on any atom is -0.497 e. The number of nitrogens with zero attached hydrogens (tertiary/aromatic N) is 1. The van der Waals surface area contributed by atoms with Crippen molar-refractivity contribution in [1.82, 2.24) is 4.98 Å². The third kappa shape index (κ3) is 1.77. The molecule has 0 aliphatic heterocycles. The second kappa shape index (κ2) is 3.80. The molecule has 0 aliphatic rings. The molecule has 1 radical (unpaired) electrons. The van der Waals surface area contributed by atoms with E-state index in [4.69, 9.17) is 4.74 Å². The summed E-state index contributed by atoms with van der Waals surface area (Å²) in [6.45, 7) is 3.78. The van der Waals surface area contributed by atoms with E-state index >= 15 is 0 Å². The molecule has 0 bridgehead atoms. The maximum absolute atomic E-state index is 5.08. The molecular formula is C11H10NOS. The summed E-state index contributed by atoms with van der Waals surface area (Å²) in [5.41, 5.74) is 1.92. The van der Waals surface area contributed by atoms with Gasteiger partial charge in [-0.25, -0.2) is 4.98 Å². The van der Waals surface area contributed by atoms with E-state index in [1.807, 2.05) is 29.6 Å². The van der Waals surface area contributed by atoms with E-state index in [2.05, 4.69) is 11.9 Å². The number of ether oxygens (including phenoxy) is 1. The van der Waals surface area contributed by atoms with E-state index < -0.39 is 0 Å². The van der Waals surface area contributed by atoms with Gasteiger partial charge in [0.15, 0.2) is 0 Å². The highest BCUT2D eigenvalue weighted by molar-refractivity contribution is 7.13. The standard InChI is InChI=1S/C11H10NOS/c1-8-7-14-11(12-8)9-3-5-10(13-2)6-4-9/h3-7H,1H2,2H3. The van der Waals surface area contributed by atoms with Crippen LogP contribution in [0.2, 0.25) is 0 Å². The normalized spacial score (nSPS) is 10.1. The van der Waals surface area contributed by atoms with E-state index in [9.17, 15) is 0 Å². The predicted molar refractivity (Wildman–Crippen MR) is 58.6 cm³/mol. The highest BCUT2D eigenvalue weighted by Crippen LogP contribution is 2.25. The summed E-state index contributed by atoms with van der Waals surface area (Å²) in [6.07, 6.45) is 0. The molecule has 0 fully saturated rings. The van der Waals surface area contributed by atoms with Crippen LogP contribution in [-0.2, 0) is 0 Å². The third-order valence-corrected chi connectivity index (χ3v) is 2.83. The minimum atomic E-state index is 0.820. The lowest BCUT2D eigenvalue weighted by Crippen LogP contribution is -1.82. The summed E-state index contributed by atoms with van der Waals surface area (Å²) in [5.74, 6) is 0.861. The van der Waals surface area contributed by atoms with E-state index in [0.29, 0.717) is 0 Å². The second-order valence-corrected chi connectivity index (χ2v) is 3.73. The highest BCUT2D eigenvalue weighted by atomic mass is 32.1. The highest BCUT2D eigenvalue weighted by Gasteiger charge is 2.01. The summed E-state index contributed by atoms with van der Waals surface area (Å²) in [5, 5.41) is 2.94. The van der Waals surface area contributed by atoms with E-state index in [0.717, 1.165) is 22.0 Å². The van der Waals surface area contributed by atoms with Gasteiger partial charge in [-0.05, 0) is 31.2 Å². The minimum absolute atomic E-state index is 0.820. The molecule has 1 heterocycles. The lowest BCUT2D eigenvalue weighted by molar-refractivity contribution is 0.415. The van der Waals surface area contributed by atoms with Crippen molar-refractivity contribution in [3.05, 3.63) is 42.3 Å². The van der Waals surface area contributed by atoms with E-state index in [-0.39, 0.29) is 0 Å². The van der Waals surface area contributed by atoms with Gasteiger partial charge in [0.2, 0.25) is 0 Å². The molecule has 3 heteroatoms. The maximum atomic E-state index is 5.08. The van der Waals surface area contributed by atoms with E-state index in [1.165, 1.54) is 0 Å². The van der Waals surface area contributed by atoms with Crippen LogP contribution in [0.25, 0.3) is 10.6 Å². The molecule has 0 N–H and O–H groups in total. The first-order chi connectivity index (χ1) is 6.79. The first kappa shape index (κ1) is 9.21. The molecular weight excluding hydrogens is 194 g/mol. The van der Waals surface area contributed by atoms with Crippen LogP contribution in [0.4, 0.5) is 0 Å². The molecule has 0 saturated heterocycles. The SMILES string of the molecule is [CH2]c1csc(-c2ccc(OC)cc2)n1. The number of hydrogen-bond acceptors (Lipinski definition) is 3. The Morgan fingerprint density at radius 1 is 1.29 bits per heavy atom. The largest absolute Gasteiger partial charge is 0.497 e. The van der Waals surface area contributed by atoms with Crippen molar-refractivity contribution in [2.45, 2.75) is 0 Å². The summed E-state index contributed by atoms with van der Waals surface area (Å²) in [4.78, 5) is 4.30. The van der Waals surface area contributed by atoms with Crippen LogP contribution in [0.15, 0.2) is 29.6 Å². The molecule has 1 aromatic carbocycles. The van der Waals surface area contributed by atoms with Gasteiger partial charge in [0.05, 0.1) is 12.8 Å². The number of hydrogen-bond donors (Lipinski definition) is 0. The van der Waals surface area contributed by atoms with Crippen molar-refractivity contribution in [1.29, 1.82) is 0 Å². The average molecular weight is 204 g/mol.